The lowest BCUT2D eigenvalue weighted by Gasteiger charge is -2.09. The standard InChI is InChI=1S/C22H18BrN3O3/c23-17-7-5-15-10-18(8-6-14(15)9-17)29-13-22(28)26-25-21(27)11-16-12-24-20-4-2-1-3-19(16)20/h1-10,12,24H,11,13H2,(H,25,27)(H,26,28). The Morgan fingerprint density at radius 1 is 0.931 bits per heavy atom. The summed E-state index contributed by atoms with van der Waals surface area (Å²) in [5.41, 5.74) is 6.63. The molecule has 4 aromatic rings. The second kappa shape index (κ2) is 8.36. The smallest absolute Gasteiger partial charge is 0.276 e. The molecular formula is C22H18BrN3O3. The lowest BCUT2D eigenvalue weighted by molar-refractivity contribution is -0.129. The molecule has 0 aliphatic rings. The first kappa shape index (κ1) is 19.0. The van der Waals surface area contributed by atoms with Crippen LogP contribution in [0.1, 0.15) is 5.56 Å². The molecule has 0 aliphatic heterocycles. The Balaban J connectivity index is 1.27. The molecular weight excluding hydrogens is 434 g/mol. The molecule has 1 aromatic heterocycles. The van der Waals surface area contributed by atoms with Gasteiger partial charge in [-0.15, -0.1) is 0 Å². The highest BCUT2D eigenvalue weighted by molar-refractivity contribution is 9.10. The van der Waals surface area contributed by atoms with E-state index in [0.717, 1.165) is 31.7 Å². The fourth-order valence-corrected chi connectivity index (χ4v) is 3.48. The minimum Gasteiger partial charge on any atom is -0.484 e. The van der Waals surface area contributed by atoms with Gasteiger partial charge in [0.25, 0.3) is 5.91 Å². The fraction of sp³-hybridized carbons (Fsp3) is 0.0909. The molecule has 0 saturated heterocycles. The molecule has 29 heavy (non-hydrogen) atoms. The van der Waals surface area contributed by atoms with Crippen molar-refractivity contribution in [2.24, 2.45) is 0 Å². The highest BCUT2D eigenvalue weighted by atomic mass is 79.9. The van der Waals surface area contributed by atoms with E-state index in [1.165, 1.54) is 0 Å². The molecule has 3 aromatic carbocycles. The zero-order chi connectivity index (χ0) is 20.2. The summed E-state index contributed by atoms with van der Waals surface area (Å²) >= 11 is 3.44. The van der Waals surface area contributed by atoms with Gasteiger partial charge in [-0.3, -0.25) is 20.4 Å². The van der Waals surface area contributed by atoms with Crippen LogP contribution in [0.15, 0.2) is 71.3 Å². The summed E-state index contributed by atoms with van der Waals surface area (Å²) in [7, 11) is 0. The van der Waals surface area contributed by atoms with Crippen molar-refractivity contribution in [3.63, 3.8) is 0 Å². The van der Waals surface area contributed by atoms with E-state index in [1.54, 1.807) is 12.3 Å². The van der Waals surface area contributed by atoms with Gasteiger partial charge < -0.3 is 9.72 Å². The van der Waals surface area contributed by atoms with Gasteiger partial charge in [0.2, 0.25) is 5.91 Å². The Morgan fingerprint density at radius 2 is 1.69 bits per heavy atom. The van der Waals surface area contributed by atoms with Crippen LogP contribution in [0, 0.1) is 0 Å². The molecule has 0 radical (unpaired) electrons. The number of nitrogens with one attached hydrogen (secondary N) is 3. The molecule has 7 heteroatoms. The number of ether oxygens (including phenoxy) is 1. The van der Waals surface area contributed by atoms with E-state index in [1.807, 2.05) is 54.6 Å². The van der Waals surface area contributed by atoms with Gasteiger partial charge in [0.15, 0.2) is 6.61 Å². The monoisotopic (exact) mass is 451 g/mol. The van der Waals surface area contributed by atoms with Gasteiger partial charge in [-0.25, -0.2) is 0 Å². The van der Waals surface area contributed by atoms with Gasteiger partial charge in [0.1, 0.15) is 5.75 Å². The normalized spacial score (nSPS) is 10.8. The van der Waals surface area contributed by atoms with Crippen molar-refractivity contribution >= 4 is 49.4 Å². The van der Waals surface area contributed by atoms with Crippen LogP contribution in [0.25, 0.3) is 21.7 Å². The van der Waals surface area contributed by atoms with Crippen LogP contribution in [0.5, 0.6) is 5.75 Å². The van der Waals surface area contributed by atoms with E-state index in [0.29, 0.717) is 5.75 Å². The number of amides is 2. The Kier molecular flexibility index (Phi) is 5.48. The van der Waals surface area contributed by atoms with Gasteiger partial charge in [0.05, 0.1) is 6.42 Å². The fourth-order valence-electron chi connectivity index (χ4n) is 3.10. The van der Waals surface area contributed by atoms with Gasteiger partial charge >= 0.3 is 0 Å². The average molecular weight is 452 g/mol. The first-order valence-corrected chi connectivity index (χ1v) is 9.82. The van der Waals surface area contributed by atoms with Crippen LogP contribution < -0.4 is 15.6 Å². The third-order valence-corrected chi connectivity index (χ3v) is 5.00. The third-order valence-electron chi connectivity index (χ3n) is 4.51. The number of aromatic amines is 1. The van der Waals surface area contributed by atoms with Gasteiger partial charge in [-0.1, -0.05) is 46.3 Å². The molecule has 0 spiro atoms. The number of hydrogen-bond donors (Lipinski definition) is 3. The topological polar surface area (TPSA) is 83.2 Å². The maximum atomic E-state index is 12.1. The number of hydrazine groups is 1. The van der Waals surface area contributed by atoms with E-state index in [-0.39, 0.29) is 18.9 Å². The van der Waals surface area contributed by atoms with Crippen LogP contribution in [0.4, 0.5) is 0 Å². The molecule has 1 heterocycles. The maximum absolute atomic E-state index is 12.1. The van der Waals surface area contributed by atoms with Crippen molar-refractivity contribution in [1.82, 2.24) is 15.8 Å². The molecule has 146 valence electrons. The van der Waals surface area contributed by atoms with E-state index in [4.69, 9.17) is 4.74 Å². The molecule has 3 N–H and O–H groups in total. The SMILES string of the molecule is O=C(COc1ccc2cc(Br)ccc2c1)NNC(=O)Cc1c[nH]c2ccccc12. The number of benzene rings is 3. The first-order chi connectivity index (χ1) is 14.1. The third kappa shape index (κ3) is 4.57. The lowest BCUT2D eigenvalue weighted by atomic mass is 10.1. The van der Waals surface area contributed by atoms with Crippen molar-refractivity contribution in [2.45, 2.75) is 6.42 Å². The Labute approximate surface area is 175 Å². The lowest BCUT2D eigenvalue weighted by Crippen LogP contribution is -2.44. The number of carbonyl (C=O) groups excluding carboxylic acids is 2. The minimum atomic E-state index is -0.437. The molecule has 0 saturated carbocycles. The summed E-state index contributed by atoms with van der Waals surface area (Å²) in [6, 6.07) is 19.3. The van der Waals surface area contributed by atoms with Crippen molar-refractivity contribution in [3.05, 3.63) is 76.9 Å². The molecule has 2 amide bonds. The van der Waals surface area contributed by atoms with Crippen molar-refractivity contribution in [3.8, 4) is 5.75 Å². The number of hydrogen-bond acceptors (Lipinski definition) is 3. The minimum absolute atomic E-state index is 0.158. The number of rotatable bonds is 5. The molecule has 0 unspecified atom stereocenters. The zero-order valence-corrected chi connectivity index (χ0v) is 17.0. The van der Waals surface area contributed by atoms with Crippen LogP contribution in [0.2, 0.25) is 0 Å². The Morgan fingerprint density at radius 3 is 2.59 bits per heavy atom. The van der Waals surface area contributed by atoms with Crippen molar-refractivity contribution in [2.75, 3.05) is 6.61 Å². The Bertz CT molecular complexity index is 1200. The average Bonchev–Trinajstić information content (AvgIpc) is 3.13. The van der Waals surface area contributed by atoms with Crippen LogP contribution in [-0.2, 0) is 16.0 Å². The summed E-state index contributed by atoms with van der Waals surface area (Å²) in [4.78, 5) is 27.2. The second-order valence-corrected chi connectivity index (χ2v) is 7.49. The molecule has 0 atom stereocenters. The quantitative estimate of drug-likeness (QED) is 0.403. The summed E-state index contributed by atoms with van der Waals surface area (Å²) in [6.45, 7) is -0.199. The summed E-state index contributed by atoms with van der Waals surface area (Å²) < 4.78 is 6.52. The van der Waals surface area contributed by atoms with Crippen LogP contribution >= 0.6 is 15.9 Å². The zero-order valence-electron chi connectivity index (χ0n) is 15.4. The molecule has 0 bridgehead atoms. The van der Waals surface area contributed by atoms with Crippen LogP contribution in [0.3, 0.4) is 0 Å². The van der Waals surface area contributed by atoms with Crippen molar-refractivity contribution < 1.29 is 14.3 Å². The highest BCUT2D eigenvalue weighted by Crippen LogP contribution is 2.24. The largest absolute Gasteiger partial charge is 0.484 e. The summed E-state index contributed by atoms with van der Waals surface area (Å²) in [6.07, 6.45) is 1.96. The number of H-pyrrole nitrogens is 1. The van der Waals surface area contributed by atoms with Crippen molar-refractivity contribution in [1.29, 1.82) is 0 Å². The molecule has 0 aliphatic carbocycles. The molecule has 6 nitrogen and oxygen atoms in total. The maximum Gasteiger partial charge on any atom is 0.276 e. The first-order valence-electron chi connectivity index (χ1n) is 9.03. The number of fused-ring (bicyclic) bond motifs is 2. The Hall–Kier alpha value is -3.32. The van der Waals surface area contributed by atoms with E-state index < -0.39 is 5.91 Å². The summed E-state index contributed by atoms with van der Waals surface area (Å²) in [5, 5.41) is 3.07. The second-order valence-electron chi connectivity index (χ2n) is 6.57. The number of carbonyl (C=O) groups is 2. The summed E-state index contributed by atoms with van der Waals surface area (Å²) in [5.74, 6) is -0.160. The highest BCUT2D eigenvalue weighted by Gasteiger charge is 2.10. The van der Waals surface area contributed by atoms with E-state index in [2.05, 4.69) is 31.8 Å². The van der Waals surface area contributed by atoms with Gasteiger partial charge in [0, 0.05) is 21.6 Å². The predicted octanol–water partition coefficient (Wildman–Crippen LogP) is 3.85. The van der Waals surface area contributed by atoms with E-state index >= 15 is 0 Å². The number of aromatic nitrogens is 1. The molecule has 4 rings (SSSR count). The van der Waals surface area contributed by atoms with Crippen LogP contribution in [-0.4, -0.2) is 23.4 Å². The van der Waals surface area contributed by atoms with Gasteiger partial charge in [-0.2, -0.15) is 0 Å². The number of halogens is 1. The predicted molar refractivity (Wildman–Crippen MR) is 115 cm³/mol. The number of para-hydroxylation sites is 1. The van der Waals surface area contributed by atoms with E-state index in [9.17, 15) is 9.59 Å². The van der Waals surface area contributed by atoms with Gasteiger partial charge in [-0.05, 0) is 46.7 Å². The molecule has 0 fully saturated rings.